The van der Waals surface area contributed by atoms with Crippen molar-refractivity contribution in [2.24, 2.45) is 0 Å². The first-order valence-electron chi connectivity index (χ1n) is 6.46. The summed E-state index contributed by atoms with van der Waals surface area (Å²) in [6.45, 7) is 0.481. The first-order chi connectivity index (χ1) is 10.2. The molecule has 0 radical (unpaired) electrons. The molecule has 0 spiro atoms. The second-order valence-corrected chi connectivity index (χ2v) is 5.17. The molecule has 21 heavy (non-hydrogen) atoms. The van der Waals surface area contributed by atoms with E-state index in [0.717, 1.165) is 5.56 Å². The van der Waals surface area contributed by atoms with Crippen LogP contribution >= 0.6 is 15.9 Å². The Labute approximate surface area is 132 Å². The SMILES string of the molecule is COCOc1cc(OCc2ccccc2)cc(CO)c1Br. The Morgan fingerprint density at radius 1 is 1.10 bits per heavy atom. The van der Waals surface area contributed by atoms with Crippen molar-refractivity contribution in [3.63, 3.8) is 0 Å². The molecule has 0 aliphatic carbocycles. The van der Waals surface area contributed by atoms with Gasteiger partial charge in [-0.25, -0.2) is 0 Å². The first-order valence-corrected chi connectivity index (χ1v) is 7.25. The number of methoxy groups -OCH3 is 1. The maximum Gasteiger partial charge on any atom is 0.188 e. The fraction of sp³-hybridized carbons (Fsp3) is 0.250. The fourth-order valence-corrected chi connectivity index (χ4v) is 2.26. The van der Waals surface area contributed by atoms with Crippen molar-refractivity contribution < 1.29 is 19.3 Å². The summed E-state index contributed by atoms with van der Waals surface area (Å²) < 4.78 is 16.8. The Kier molecular flexibility index (Phi) is 6.04. The molecule has 0 saturated carbocycles. The summed E-state index contributed by atoms with van der Waals surface area (Å²) in [5, 5.41) is 9.41. The molecule has 2 aromatic rings. The molecule has 0 aliphatic rings. The normalized spacial score (nSPS) is 10.4. The van der Waals surface area contributed by atoms with Gasteiger partial charge in [-0.05, 0) is 33.1 Å². The average Bonchev–Trinajstić information content (AvgIpc) is 2.53. The minimum atomic E-state index is -0.105. The molecule has 5 heteroatoms. The van der Waals surface area contributed by atoms with Crippen molar-refractivity contribution in [2.75, 3.05) is 13.9 Å². The van der Waals surface area contributed by atoms with Crippen molar-refractivity contribution in [1.82, 2.24) is 0 Å². The van der Waals surface area contributed by atoms with Crippen molar-refractivity contribution >= 4 is 15.9 Å². The van der Waals surface area contributed by atoms with Crippen LogP contribution in [0.4, 0.5) is 0 Å². The van der Waals surface area contributed by atoms with Gasteiger partial charge in [0.15, 0.2) is 6.79 Å². The van der Waals surface area contributed by atoms with Crippen LogP contribution in [-0.4, -0.2) is 19.0 Å². The maximum absolute atomic E-state index is 9.41. The Bertz CT molecular complexity index is 572. The van der Waals surface area contributed by atoms with Crippen molar-refractivity contribution in [2.45, 2.75) is 13.2 Å². The van der Waals surface area contributed by atoms with Crippen molar-refractivity contribution in [1.29, 1.82) is 0 Å². The predicted octanol–water partition coefficient (Wildman–Crippen LogP) is 3.50. The molecule has 1 N–H and O–H groups in total. The highest BCUT2D eigenvalue weighted by atomic mass is 79.9. The van der Waals surface area contributed by atoms with E-state index in [9.17, 15) is 5.11 Å². The Morgan fingerprint density at radius 3 is 2.52 bits per heavy atom. The molecule has 0 saturated heterocycles. The number of aliphatic hydroxyl groups excluding tert-OH is 1. The minimum absolute atomic E-state index is 0.105. The lowest BCUT2D eigenvalue weighted by molar-refractivity contribution is 0.0502. The molecule has 0 fully saturated rings. The van der Waals surface area contributed by atoms with Crippen molar-refractivity contribution in [3.8, 4) is 11.5 Å². The number of halogens is 1. The first kappa shape index (κ1) is 15.8. The molecule has 0 heterocycles. The van der Waals surface area contributed by atoms with E-state index in [1.54, 1.807) is 19.2 Å². The van der Waals surface area contributed by atoms with E-state index in [1.807, 2.05) is 30.3 Å². The summed E-state index contributed by atoms with van der Waals surface area (Å²) in [4.78, 5) is 0. The van der Waals surface area contributed by atoms with E-state index in [2.05, 4.69) is 15.9 Å². The summed E-state index contributed by atoms with van der Waals surface area (Å²) in [5.41, 5.74) is 1.77. The molecule has 0 bridgehead atoms. The third-order valence-electron chi connectivity index (χ3n) is 2.84. The van der Waals surface area contributed by atoms with Gasteiger partial charge in [0.1, 0.15) is 18.1 Å². The lowest BCUT2D eigenvalue weighted by atomic mass is 10.2. The lowest BCUT2D eigenvalue weighted by Crippen LogP contribution is -2.02. The second-order valence-electron chi connectivity index (χ2n) is 4.38. The fourth-order valence-electron chi connectivity index (χ4n) is 1.79. The molecule has 0 unspecified atom stereocenters. The zero-order valence-corrected chi connectivity index (χ0v) is 13.3. The third kappa shape index (κ3) is 4.46. The van der Waals surface area contributed by atoms with Gasteiger partial charge in [0.05, 0.1) is 11.1 Å². The van der Waals surface area contributed by atoms with Gasteiger partial charge in [-0.15, -0.1) is 0 Å². The highest BCUT2D eigenvalue weighted by molar-refractivity contribution is 9.10. The summed E-state index contributed by atoms with van der Waals surface area (Å²) >= 11 is 3.41. The van der Waals surface area contributed by atoms with Gasteiger partial charge in [-0.2, -0.15) is 0 Å². The van der Waals surface area contributed by atoms with E-state index >= 15 is 0 Å². The molecule has 0 amide bonds. The number of hydrogen-bond donors (Lipinski definition) is 1. The van der Waals surface area contributed by atoms with E-state index < -0.39 is 0 Å². The van der Waals surface area contributed by atoms with Crippen LogP contribution in [0, 0.1) is 0 Å². The number of rotatable bonds is 7. The second kappa shape index (κ2) is 8.02. The zero-order chi connectivity index (χ0) is 15.1. The highest BCUT2D eigenvalue weighted by Gasteiger charge is 2.10. The van der Waals surface area contributed by atoms with Gasteiger partial charge in [-0.3, -0.25) is 0 Å². The monoisotopic (exact) mass is 352 g/mol. The standard InChI is InChI=1S/C16H17BrO4/c1-19-11-21-15-8-14(7-13(9-18)16(15)17)20-10-12-5-3-2-4-6-12/h2-8,18H,9-11H2,1H3. The molecular weight excluding hydrogens is 336 g/mol. The van der Waals surface area contributed by atoms with E-state index in [0.29, 0.717) is 28.1 Å². The topological polar surface area (TPSA) is 47.9 Å². The van der Waals surface area contributed by atoms with E-state index in [4.69, 9.17) is 14.2 Å². The Morgan fingerprint density at radius 2 is 1.86 bits per heavy atom. The molecule has 4 nitrogen and oxygen atoms in total. The smallest absolute Gasteiger partial charge is 0.188 e. The number of hydrogen-bond acceptors (Lipinski definition) is 4. The van der Waals surface area contributed by atoms with Crippen molar-refractivity contribution in [3.05, 3.63) is 58.1 Å². The summed E-state index contributed by atoms with van der Waals surface area (Å²) in [6, 6.07) is 13.4. The van der Waals surface area contributed by atoms with Gasteiger partial charge < -0.3 is 19.3 Å². The van der Waals surface area contributed by atoms with Crippen LogP contribution in [0.2, 0.25) is 0 Å². The van der Waals surface area contributed by atoms with Gasteiger partial charge >= 0.3 is 0 Å². The van der Waals surface area contributed by atoms with E-state index in [-0.39, 0.29) is 13.4 Å². The van der Waals surface area contributed by atoms with Crippen LogP contribution in [0.5, 0.6) is 11.5 Å². The van der Waals surface area contributed by atoms with Crippen LogP contribution in [0.15, 0.2) is 46.9 Å². The van der Waals surface area contributed by atoms with Crippen LogP contribution in [-0.2, 0) is 18.0 Å². The minimum Gasteiger partial charge on any atom is -0.489 e. The van der Waals surface area contributed by atoms with Gasteiger partial charge in [0, 0.05) is 13.2 Å². The molecule has 112 valence electrons. The molecular formula is C16H17BrO4. The Balaban J connectivity index is 2.14. The van der Waals surface area contributed by atoms with Gasteiger partial charge in [0.25, 0.3) is 0 Å². The maximum atomic E-state index is 9.41. The molecule has 2 rings (SSSR count). The van der Waals surface area contributed by atoms with E-state index in [1.165, 1.54) is 0 Å². The number of ether oxygens (including phenoxy) is 3. The average molecular weight is 353 g/mol. The largest absolute Gasteiger partial charge is 0.489 e. The van der Waals surface area contributed by atoms with Crippen LogP contribution in [0.25, 0.3) is 0 Å². The van der Waals surface area contributed by atoms with Crippen LogP contribution in [0.1, 0.15) is 11.1 Å². The highest BCUT2D eigenvalue weighted by Crippen LogP contribution is 2.34. The Hall–Kier alpha value is -1.56. The predicted molar refractivity (Wildman–Crippen MR) is 83.3 cm³/mol. The van der Waals surface area contributed by atoms with Crippen LogP contribution < -0.4 is 9.47 Å². The number of aliphatic hydroxyl groups is 1. The summed E-state index contributed by atoms with van der Waals surface area (Å²) in [5.74, 6) is 1.21. The zero-order valence-electron chi connectivity index (χ0n) is 11.7. The van der Waals surface area contributed by atoms with Crippen LogP contribution in [0.3, 0.4) is 0 Å². The van der Waals surface area contributed by atoms with Gasteiger partial charge in [0.2, 0.25) is 0 Å². The summed E-state index contributed by atoms with van der Waals surface area (Å²) in [7, 11) is 1.55. The lowest BCUT2D eigenvalue weighted by Gasteiger charge is -2.13. The van der Waals surface area contributed by atoms with Gasteiger partial charge in [-0.1, -0.05) is 30.3 Å². The summed E-state index contributed by atoms with van der Waals surface area (Å²) in [6.07, 6.45) is 0. The third-order valence-corrected chi connectivity index (χ3v) is 3.74. The molecule has 2 aromatic carbocycles. The molecule has 0 aliphatic heterocycles. The molecule has 0 atom stereocenters. The molecule has 0 aromatic heterocycles. The quantitative estimate of drug-likeness (QED) is 0.774. The number of benzene rings is 2.